The maximum atomic E-state index is 13.2. The molecule has 0 saturated carbocycles. The topological polar surface area (TPSA) is 70.9 Å². The van der Waals surface area contributed by atoms with Gasteiger partial charge in [-0.2, -0.15) is 4.31 Å². The van der Waals surface area contributed by atoms with Crippen LogP contribution in [0.15, 0.2) is 23.1 Å². The average molecular weight is 375 g/mol. The zero-order valence-electron chi connectivity index (χ0n) is 12.9. The van der Waals surface area contributed by atoms with Crippen LogP contribution in [0.4, 0.5) is 4.39 Å². The first-order chi connectivity index (χ1) is 11.3. The van der Waals surface area contributed by atoms with Crippen LogP contribution >= 0.6 is 11.6 Å². The van der Waals surface area contributed by atoms with Crippen LogP contribution in [0.25, 0.3) is 0 Å². The van der Waals surface area contributed by atoms with Gasteiger partial charge in [0.15, 0.2) is 6.54 Å². The molecule has 6 nitrogen and oxygen atoms in total. The fourth-order valence-electron chi connectivity index (χ4n) is 2.45. The van der Waals surface area contributed by atoms with Gasteiger partial charge in [-0.3, -0.25) is 4.79 Å². The molecule has 24 heavy (non-hydrogen) atoms. The van der Waals surface area contributed by atoms with E-state index in [0.29, 0.717) is 13.1 Å². The van der Waals surface area contributed by atoms with Gasteiger partial charge >= 0.3 is 0 Å². The first-order valence-corrected chi connectivity index (χ1v) is 9.15. The molecule has 0 aliphatic carbocycles. The molecular weight excluding hydrogens is 357 g/mol. The second-order valence-corrected chi connectivity index (χ2v) is 7.73. The van der Waals surface area contributed by atoms with Crippen LogP contribution in [0.2, 0.25) is 5.02 Å². The molecule has 1 saturated heterocycles. The lowest BCUT2D eigenvalue weighted by atomic mass is 10.3. The predicted octanol–water partition coefficient (Wildman–Crippen LogP) is -0.882. The molecule has 1 heterocycles. The minimum Gasteiger partial charge on any atom is -0.340 e. The van der Waals surface area contributed by atoms with E-state index < -0.39 is 15.8 Å². The van der Waals surface area contributed by atoms with E-state index in [1.807, 2.05) is 0 Å². The highest BCUT2D eigenvalue weighted by molar-refractivity contribution is 7.89. The number of nitrogens with zero attached hydrogens (tertiary/aromatic N) is 1. The van der Waals surface area contributed by atoms with E-state index in [2.05, 4.69) is 11.2 Å². The standard InChI is InChI=1S/C15H17ClFN3O3S/c1-2-5-18-15(21)11-19-6-8-20(9-7-19)24(22,23)12-3-4-14(17)13(16)10-12/h1,3-4,10H,5-9,11H2,(H,18,21)/p+1. The van der Waals surface area contributed by atoms with Crippen molar-refractivity contribution in [1.29, 1.82) is 0 Å². The van der Waals surface area contributed by atoms with Gasteiger partial charge in [0.05, 0.1) is 42.6 Å². The summed E-state index contributed by atoms with van der Waals surface area (Å²) < 4.78 is 39.6. The van der Waals surface area contributed by atoms with Crippen molar-refractivity contribution in [2.45, 2.75) is 4.90 Å². The van der Waals surface area contributed by atoms with E-state index in [9.17, 15) is 17.6 Å². The molecule has 1 aliphatic heterocycles. The smallest absolute Gasteiger partial charge is 0.275 e. The Labute approximate surface area is 145 Å². The van der Waals surface area contributed by atoms with Crippen molar-refractivity contribution in [1.82, 2.24) is 9.62 Å². The van der Waals surface area contributed by atoms with Crippen LogP contribution in [-0.4, -0.2) is 57.9 Å². The van der Waals surface area contributed by atoms with Gasteiger partial charge in [0.2, 0.25) is 10.0 Å². The van der Waals surface area contributed by atoms with Crippen molar-refractivity contribution in [3.8, 4) is 12.3 Å². The van der Waals surface area contributed by atoms with E-state index in [-0.39, 0.29) is 42.0 Å². The van der Waals surface area contributed by atoms with Gasteiger partial charge in [0.1, 0.15) is 5.82 Å². The van der Waals surface area contributed by atoms with Gasteiger partial charge in [0, 0.05) is 0 Å². The first kappa shape index (κ1) is 18.7. The fourth-order valence-corrected chi connectivity index (χ4v) is 4.16. The Morgan fingerprint density at radius 1 is 1.42 bits per heavy atom. The molecule has 9 heteroatoms. The van der Waals surface area contributed by atoms with Crippen molar-refractivity contribution in [3.05, 3.63) is 29.0 Å². The Balaban J connectivity index is 1.97. The minimum absolute atomic E-state index is 0.0379. The summed E-state index contributed by atoms with van der Waals surface area (Å²) in [6.07, 6.45) is 5.07. The molecule has 0 bridgehead atoms. The second kappa shape index (κ2) is 7.94. The van der Waals surface area contributed by atoms with E-state index in [1.165, 1.54) is 10.4 Å². The van der Waals surface area contributed by atoms with Crippen molar-refractivity contribution >= 4 is 27.5 Å². The van der Waals surface area contributed by atoms with Crippen LogP contribution in [0.3, 0.4) is 0 Å². The number of sulfonamides is 1. The van der Waals surface area contributed by atoms with Crippen LogP contribution < -0.4 is 10.2 Å². The maximum absolute atomic E-state index is 13.2. The molecule has 0 atom stereocenters. The number of carbonyl (C=O) groups excluding carboxylic acids is 1. The normalized spacial score (nSPS) is 16.5. The molecule has 0 radical (unpaired) electrons. The summed E-state index contributed by atoms with van der Waals surface area (Å²) in [6, 6.07) is 3.34. The van der Waals surface area contributed by atoms with E-state index in [4.69, 9.17) is 18.0 Å². The monoisotopic (exact) mass is 374 g/mol. The van der Waals surface area contributed by atoms with Crippen molar-refractivity contribution in [2.24, 2.45) is 0 Å². The van der Waals surface area contributed by atoms with E-state index >= 15 is 0 Å². The Morgan fingerprint density at radius 2 is 2.08 bits per heavy atom. The van der Waals surface area contributed by atoms with E-state index in [1.54, 1.807) is 0 Å². The molecule has 2 rings (SSSR count). The predicted molar refractivity (Wildman–Crippen MR) is 87.6 cm³/mol. The number of hydrogen-bond acceptors (Lipinski definition) is 3. The number of carbonyl (C=O) groups is 1. The summed E-state index contributed by atoms with van der Waals surface area (Å²) >= 11 is 5.66. The summed E-state index contributed by atoms with van der Waals surface area (Å²) in [6.45, 7) is 1.97. The van der Waals surface area contributed by atoms with Crippen LogP contribution in [0, 0.1) is 18.2 Å². The van der Waals surface area contributed by atoms with E-state index in [0.717, 1.165) is 17.0 Å². The molecule has 1 fully saturated rings. The summed E-state index contributed by atoms with van der Waals surface area (Å²) in [5, 5.41) is 2.35. The molecule has 130 valence electrons. The van der Waals surface area contributed by atoms with Gasteiger partial charge in [-0.15, -0.1) is 6.42 Å². The highest BCUT2D eigenvalue weighted by atomic mass is 35.5. The maximum Gasteiger partial charge on any atom is 0.275 e. The molecule has 0 unspecified atom stereocenters. The molecule has 1 aromatic rings. The lowest BCUT2D eigenvalue weighted by Gasteiger charge is -2.31. The molecule has 0 aromatic heterocycles. The third-order valence-electron chi connectivity index (χ3n) is 3.76. The summed E-state index contributed by atoms with van der Waals surface area (Å²) in [5.74, 6) is 1.50. The minimum atomic E-state index is -3.73. The van der Waals surface area contributed by atoms with Gasteiger partial charge in [-0.25, -0.2) is 12.8 Å². The number of piperazine rings is 1. The zero-order chi connectivity index (χ0) is 17.7. The Bertz CT molecular complexity index is 756. The molecular formula is C15H18ClFN3O3S+. The number of hydrogen-bond donors (Lipinski definition) is 2. The molecule has 1 amide bonds. The first-order valence-electron chi connectivity index (χ1n) is 7.33. The zero-order valence-corrected chi connectivity index (χ0v) is 14.5. The third-order valence-corrected chi connectivity index (χ3v) is 5.94. The molecule has 1 aromatic carbocycles. The molecule has 0 spiro atoms. The number of amides is 1. The van der Waals surface area contributed by atoms with Crippen LogP contribution in [-0.2, 0) is 14.8 Å². The van der Waals surface area contributed by atoms with Gasteiger partial charge < -0.3 is 10.2 Å². The van der Waals surface area contributed by atoms with Gasteiger partial charge in [-0.05, 0) is 18.2 Å². The number of rotatable bonds is 5. The van der Waals surface area contributed by atoms with Crippen LogP contribution in [0.1, 0.15) is 0 Å². The summed E-state index contributed by atoms with van der Waals surface area (Å²) in [5.41, 5.74) is 0. The Kier molecular flexibility index (Phi) is 6.18. The highest BCUT2D eigenvalue weighted by Gasteiger charge is 2.31. The largest absolute Gasteiger partial charge is 0.340 e. The molecule has 1 aliphatic rings. The second-order valence-electron chi connectivity index (χ2n) is 5.39. The SMILES string of the molecule is C#CCNC(=O)C[NH+]1CCN(S(=O)(=O)c2ccc(F)c(Cl)c2)CC1. The number of terminal acetylenes is 1. The number of quaternary nitrogens is 1. The Morgan fingerprint density at radius 3 is 2.67 bits per heavy atom. The average Bonchev–Trinajstić information content (AvgIpc) is 2.56. The fraction of sp³-hybridized carbons (Fsp3) is 0.400. The highest BCUT2D eigenvalue weighted by Crippen LogP contribution is 2.22. The molecule has 2 N–H and O–H groups in total. The number of benzene rings is 1. The van der Waals surface area contributed by atoms with Gasteiger partial charge in [0.25, 0.3) is 5.91 Å². The summed E-state index contributed by atoms with van der Waals surface area (Å²) in [7, 11) is -3.73. The van der Waals surface area contributed by atoms with Crippen LogP contribution in [0.5, 0.6) is 0 Å². The van der Waals surface area contributed by atoms with Crippen molar-refractivity contribution < 1.29 is 22.5 Å². The van der Waals surface area contributed by atoms with Crippen molar-refractivity contribution in [3.63, 3.8) is 0 Å². The van der Waals surface area contributed by atoms with Gasteiger partial charge in [-0.1, -0.05) is 17.5 Å². The number of halogens is 2. The quantitative estimate of drug-likeness (QED) is 0.657. The number of nitrogens with one attached hydrogen (secondary N) is 2. The Hall–Kier alpha value is -1.66. The third kappa shape index (κ3) is 4.45. The summed E-state index contributed by atoms with van der Waals surface area (Å²) in [4.78, 5) is 12.6. The van der Waals surface area contributed by atoms with Crippen molar-refractivity contribution in [2.75, 3.05) is 39.3 Å². The lowest BCUT2D eigenvalue weighted by Crippen LogP contribution is -3.15. The lowest BCUT2D eigenvalue weighted by molar-refractivity contribution is -0.895.